The van der Waals surface area contributed by atoms with Crippen LogP contribution in [0.3, 0.4) is 0 Å². The van der Waals surface area contributed by atoms with E-state index in [1.807, 2.05) is 6.07 Å². The molecule has 1 unspecified atom stereocenters. The highest BCUT2D eigenvalue weighted by molar-refractivity contribution is 6.30. The molecule has 4 heteroatoms. The highest BCUT2D eigenvalue weighted by Crippen LogP contribution is 2.43. The van der Waals surface area contributed by atoms with Crippen LogP contribution in [0.25, 0.3) is 6.08 Å². The van der Waals surface area contributed by atoms with Crippen LogP contribution in [0, 0.1) is 0 Å². The highest BCUT2D eigenvalue weighted by atomic mass is 35.5. The van der Waals surface area contributed by atoms with E-state index < -0.39 is 0 Å². The van der Waals surface area contributed by atoms with Crippen molar-refractivity contribution in [3.63, 3.8) is 0 Å². The van der Waals surface area contributed by atoms with E-state index in [-0.39, 0.29) is 5.41 Å². The Hall–Kier alpha value is -2.26. The van der Waals surface area contributed by atoms with Crippen LogP contribution >= 0.6 is 11.6 Å². The van der Waals surface area contributed by atoms with Gasteiger partial charge in [0.2, 0.25) is 5.69 Å². The molecule has 31 heavy (non-hydrogen) atoms. The van der Waals surface area contributed by atoms with Gasteiger partial charge in [-0.3, -0.25) is 0 Å². The molecule has 1 aliphatic rings. The Labute approximate surface area is 193 Å². The van der Waals surface area contributed by atoms with Crippen molar-refractivity contribution in [2.24, 2.45) is 0 Å². The zero-order chi connectivity index (χ0) is 22.6. The molecular weight excluding hydrogens is 404 g/mol. The quantitative estimate of drug-likeness (QED) is 0.387. The summed E-state index contributed by atoms with van der Waals surface area (Å²) < 4.78 is 8.06. The van der Waals surface area contributed by atoms with Crippen molar-refractivity contribution in [2.75, 3.05) is 32.1 Å². The molecule has 0 fully saturated rings. The second-order valence-corrected chi connectivity index (χ2v) is 8.97. The smallest absolute Gasteiger partial charge is 0.209 e. The fourth-order valence-electron chi connectivity index (χ4n) is 4.66. The van der Waals surface area contributed by atoms with Crippen molar-refractivity contribution in [3.05, 3.63) is 58.6 Å². The van der Waals surface area contributed by atoms with E-state index in [1.54, 1.807) is 7.11 Å². The van der Waals surface area contributed by atoms with Crippen LogP contribution in [-0.4, -0.2) is 37.5 Å². The lowest BCUT2D eigenvalue weighted by atomic mass is 9.77. The third-order valence-electron chi connectivity index (χ3n) is 6.54. The first kappa shape index (κ1) is 23.4. The molecule has 0 bridgehead atoms. The molecular formula is C27H36ClN2O+. The number of fused-ring (bicyclic) bond motifs is 1. The van der Waals surface area contributed by atoms with Gasteiger partial charge in [0.25, 0.3) is 0 Å². The molecule has 0 spiro atoms. The summed E-state index contributed by atoms with van der Waals surface area (Å²) in [4.78, 5) is 2.43. The molecule has 0 N–H and O–H groups in total. The number of halogens is 1. The second-order valence-electron chi connectivity index (χ2n) is 8.54. The number of allylic oxidation sites excluding steroid dienone is 1. The molecule has 0 saturated carbocycles. The summed E-state index contributed by atoms with van der Waals surface area (Å²) in [6.45, 7) is 11.1. The topological polar surface area (TPSA) is 15.5 Å². The van der Waals surface area contributed by atoms with Gasteiger partial charge in [-0.1, -0.05) is 32.4 Å². The van der Waals surface area contributed by atoms with Gasteiger partial charge >= 0.3 is 0 Å². The largest absolute Gasteiger partial charge is 0.496 e. The van der Waals surface area contributed by atoms with Gasteiger partial charge < -0.3 is 9.64 Å². The molecule has 0 radical (unpaired) electrons. The van der Waals surface area contributed by atoms with Crippen LogP contribution in [-0.2, 0) is 5.41 Å². The van der Waals surface area contributed by atoms with Gasteiger partial charge in [-0.05, 0) is 56.5 Å². The van der Waals surface area contributed by atoms with Gasteiger partial charge in [0.1, 0.15) is 12.8 Å². The fourth-order valence-corrected chi connectivity index (χ4v) is 4.83. The third kappa shape index (κ3) is 4.52. The molecule has 0 saturated heterocycles. The van der Waals surface area contributed by atoms with E-state index >= 15 is 0 Å². The van der Waals surface area contributed by atoms with Crippen molar-refractivity contribution in [2.45, 2.75) is 52.4 Å². The Kier molecular flexibility index (Phi) is 7.48. The van der Waals surface area contributed by atoms with E-state index in [0.717, 1.165) is 48.7 Å². The van der Waals surface area contributed by atoms with Gasteiger partial charge in [0.05, 0.1) is 12.5 Å². The number of nitrogens with zero attached hydrogens (tertiary/aromatic N) is 2. The standard InChI is InChI=1S/C27H36ClN2O/c1-7-16-30(17-8-2)22-13-10-20(25(19-22)31-6)11-15-26-27(4,9-3)23-18-21(28)12-14-24(23)29(26)5/h10-15,18-19H,7-9,16-17H2,1-6H3/q+1. The lowest BCUT2D eigenvalue weighted by Crippen LogP contribution is -2.29. The number of ether oxygens (including phenoxy) is 1. The Morgan fingerprint density at radius 2 is 1.74 bits per heavy atom. The number of methoxy groups -OCH3 is 1. The maximum absolute atomic E-state index is 6.33. The summed E-state index contributed by atoms with van der Waals surface area (Å²) >= 11 is 6.33. The molecule has 3 rings (SSSR count). The zero-order valence-corrected chi connectivity index (χ0v) is 20.6. The van der Waals surface area contributed by atoms with Gasteiger partial charge in [-0.2, -0.15) is 4.58 Å². The summed E-state index contributed by atoms with van der Waals surface area (Å²) in [5, 5.41) is 0.790. The molecule has 166 valence electrons. The van der Waals surface area contributed by atoms with Crippen LogP contribution in [0.5, 0.6) is 5.75 Å². The number of anilines is 1. The SMILES string of the molecule is CCCN(CCC)c1ccc(/C=C/C2=[N+](C)c3ccc(Cl)cc3C2(C)CC)c(OC)c1. The van der Waals surface area contributed by atoms with Crippen molar-refractivity contribution in [1.82, 2.24) is 0 Å². The van der Waals surface area contributed by atoms with E-state index in [1.165, 1.54) is 22.6 Å². The first-order valence-electron chi connectivity index (χ1n) is 11.4. The Bertz CT molecular complexity index is 989. The average Bonchev–Trinajstić information content (AvgIpc) is 2.98. The summed E-state index contributed by atoms with van der Waals surface area (Å²) in [5.74, 6) is 0.908. The first-order chi connectivity index (χ1) is 14.9. The lowest BCUT2D eigenvalue weighted by molar-refractivity contribution is -0.401. The minimum absolute atomic E-state index is 0.0717. The van der Waals surface area contributed by atoms with E-state index in [4.69, 9.17) is 16.3 Å². The minimum Gasteiger partial charge on any atom is -0.496 e. The van der Waals surface area contributed by atoms with Gasteiger partial charge in [0.15, 0.2) is 5.71 Å². The molecule has 3 nitrogen and oxygen atoms in total. The van der Waals surface area contributed by atoms with Crippen molar-refractivity contribution >= 4 is 34.8 Å². The molecule has 1 heterocycles. The van der Waals surface area contributed by atoms with Crippen LogP contribution in [0.15, 0.2) is 42.5 Å². The summed E-state index contributed by atoms with van der Waals surface area (Å²) in [6.07, 6.45) is 7.69. The molecule has 2 aromatic carbocycles. The number of rotatable bonds is 9. The van der Waals surface area contributed by atoms with Crippen LogP contribution in [0.4, 0.5) is 11.4 Å². The molecule has 0 amide bonds. The number of benzene rings is 2. The number of hydrogen-bond donors (Lipinski definition) is 0. The van der Waals surface area contributed by atoms with Crippen molar-refractivity contribution in [3.8, 4) is 5.75 Å². The minimum atomic E-state index is -0.0717. The highest BCUT2D eigenvalue weighted by Gasteiger charge is 2.45. The average molecular weight is 440 g/mol. The van der Waals surface area contributed by atoms with E-state index in [0.29, 0.717) is 0 Å². The molecule has 2 aromatic rings. The molecule has 1 aliphatic heterocycles. The van der Waals surface area contributed by atoms with Gasteiger partial charge in [-0.15, -0.1) is 0 Å². The van der Waals surface area contributed by atoms with Crippen LogP contribution in [0.1, 0.15) is 58.1 Å². The van der Waals surface area contributed by atoms with E-state index in [9.17, 15) is 0 Å². The molecule has 0 aliphatic carbocycles. The zero-order valence-electron chi connectivity index (χ0n) is 19.8. The van der Waals surface area contributed by atoms with Gasteiger partial charge in [0, 0.05) is 53.1 Å². The molecule has 1 atom stereocenters. The third-order valence-corrected chi connectivity index (χ3v) is 6.77. The van der Waals surface area contributed by atoms with Crippen molar-refractivity contribution in [1.29, 1.82) is 0 Å². The van der Waals surface area contributed by atoms with E-state index in [2.05, 4.69) is 86.7 Å². The number of hydrogen-bond acceptors (Lipinski definition) is 2. The van der Waals surface area contributed by atoms with Crippen LogP contribution < -0.4 is 9.64 Å². The Balaban J connectivity index is 1.97. The van der Waals surface area contributed by atoms with Gasteiger partial charge in [-0.25, -0.2) is 0 Å². The van der Waals surface area contributed by atoms with Crippen molar-refractivity contribution < 1.29 is 9.31 Å². The molecule has 0 aromatic heterocycles. The predicted octanol–water partition coefficient (Wildman–Crippen LogP) is 7.08. The Morgan fingerprint density at radius 3 is 2.35 bits per heavy atom. The normalized spacial score (nSPS) is 18.0. The maximum Gasteiger partial charge on any atom is 0.209 e. The summed E-state index contributed by atoms with van der Waals surface area (Å²) in [5.41, 5.74) is 6.04. The van der Waals surface area contributed by atoms with Crippen LogP contribution in [0.2, 0.25) is 5.02 Å². The summed E-state index contributed by atoms with van der Waals surface area (Å²) in [6, 6.07) is 12.8. The maximum atomic E-state index is 6.33. The fraction of sp³-hybridized carbons (Fsp3) is 0.444. The summed E-state index contributed by atoms with van der Waals surface area (Å²) in [7, 11) is 3.89. The predicted molar refractivity (Wildman–Crippen MR) is 135 cm³/mol. The Morgan fingerprint density at radius 1 is 1.03 bits per heavy atom. The second kappa shape index (κ2) is 9.91. The first-order valence-corrected chi connectivity index (χ1v) is 11.8. The lowest BCUT2D eigenvalue weighted by Gasteiger charge is -2.24. The monoisotopic (exact) mass is 439 g/mol.